The smallest absolute Gasteiger partial charge is 0.257 e. The summed E-state index contributed by atoms with van der Waals surface area (Å²) in [5, 5.41) is 3.25. The fourth-order valence-electron chi connectivity index (χ4n) is 2.12. The predicted molar refractivity (Wildman–Crippen MR) is 81.5 cm³/mol. The van der Waals surface area contributed by atoms with Crippen molar-refractivity contribution in [2.75, 3.05) is 5.32 Å². The maximum Gasteiger partial charge on any atom is 0.257 e. The number of halogens is 1. The number of amides is 1. The minimum Gasteiger partial charge on any atom is -0.298 e. The highest BCUT2D eigenvalue weighted by Gasteiger charge is 2.22. The number of aryl methyl sites for hydroxylation is 1. The van der Waals surface area contributed by atoms with E-state index in [1.165, 1.54) is 11.3 Å². The van der Waals surface area contributed by atoms with E-state index >= 15 is 0 Å². The molecule has 6 heteroatoms. The molecule has 1 amide bonds. The topological polar surface area (TPSA) is 59.1 Å². The van der Waals surface area contributed by atoms with E-state index in [1.54, 1.807) is 18.2 Å². The van der Waals surface area contributed by atoms with Gasteiger partial charge in [0.25, 0.3) is 5.91 Å². The second-order valence-electron chi connectivity index (χ2n) is 4.54. The van der Waals surface area contributed by atoms with Gasteiger partial charge in [-0.2, -0.15) is 0 Å². The largest absolute Gasteiger partial charge is 0.298 e. The molecule has 0 fully saturated rings. The molecule has 0 saturated heterocycles. The molecule has 1 aliphatic carbocycles. The number of carbonyl (C=O) groups is 2. The Balaban J connectivity index is 1.81. The minimum absolute atomic E-state index is 0.131. The van der Waals surface area contributed by atoms with E-state index < -0.39 is 0 Å². The Morgan fingerprint density at radius 1 is 1.35 bits per heavy atom. The van der Waals surface area contributed by atoms with E-state index in [4.69, 9.17) is 0 Å². The molecule has 1 aliphatic rings. The lowest BCUT2D eigenvalue weighted by Gasteiger charge is -2.05. The fraction of sp³-hybridized carbons (Fsp3) is 0.214. The van der Waals surface area contributed by atoms with Crippen molar-refractivity contribution in [2.24, 2.45) is 0 Å². The zero-order valence-corrected chi connectivity index (χ0v) is 12.9. The van der Waals surface area contributed by atoms with Crippen molar-refractivity contribution in [3.63, 3.8) is 0 Å². The quantitative estimate of drug-likeness (QED) is 0.898. The van der Waals surface area contributed by atoms with Gasteiger partial charge in [0.05, 0.1) is 10.6 Å². The first-order chi connectivity index (χ1) is 9.63. The van der Waals surface area contributed by atoms with Gasteiger partial charge in [0, 0.05) is 16.5 Å². The number of anilines is 1. The number of thiazole rings is 1. The molecule has 3 rings (SSSR count). The second kappa shape index (κ2) is 5.46. The molecule has 4 nitrogen and oxygen atoms in total. The van der Waals surface area contributed by atoms with Crippen molar-refractivity contribution in [1.29, 1.82) is 0 Å². The number of hydrogen-bond acceptors (Lipinski definition) is 4. The number of Topliss-reactive ketones (excluding diaryl/α,β-unsaturated/α-hetero) is 1. The van der Waals surface area contributed by atoms with Crippen LogP contribution < -0.4 is 5.32 Å². The zero-order chi connectivity index (χ0) is 14.1. The van der Waals surface area contributed by atoms with Gasteiger partial charge in [0.15, 0.2) is 10.9 Å². The summed E-state index contributed by atoms with van der Waals surface area (Å²) in [5.41, 5.74) is 1.37. The van der Waals surface area contributed by atoms with Gasteiger partial charge >= 0.3 is 0 Å². The molecule has 1 aromatic carbocycles. The summed E-state index contributed by atoms with van der Waals surface area (Å²) < 4.78 is 0.846. The normalized spacial score (nSPS) is 13.9. The summed E-state index contributed by atoms with van der Waals surface area (Å²) in [6, 6.07) is 7.14. The highest BCUT2D eigenvalue weighted by Crippen LogP contribution is 2.29. The van der Waals surface area contributed by atoms with Crippen molar-refractivity contribution in [3.05, 3.63) is 44.9 Å². The zero-order valence-electron chi connectivity index (χ0n) is 10.5. The van der Waals surface area contributed by atoms with Gasteiger partial charge < -0.3 is 0 Å². The van der Waals surface area contributed by atoms with E-state index in [2.05, 4.69) is 26.2 Å². The molecule has 20 heavy (non-hydrogen) atoms. The summed E-state index contributed by atoms with van der Waals surface area (Å²) in [6.45, 7) is 0. The Labute approximate surface area is 128 Å². The molecule has 102 valence electrons. The number of rotatable bonds is 2. The fourth-order valence-corrected chi connectivity index (χ4v) is 3.50. The molecule has 1 aromatic heterocycles. The highest BCUT2D eigenvalue weighted by molar-refractivity contribution is 9.10. The number of aromatic nitrogens is 1. The Bertz CT molecular complexity index is 696. The van der Waals surface area contributed by atoms with Crippen LogP contribution in [0.15, 0.2) is 28.7 Å². The predicted octanol–water partition coefficient (Wildman–Crippen LogP) is 3.68. The van der Waals surface area contributed by atoms with Gasteiger partial charge in [-0.25, -0.2) is 4.98 Å². The third kappa shape index (κ3) is 2.66. The van der Waals surface area contributed by atoms with Crippen LogP contribution in [-0.4, -0.2) is 16.7 Å². The van der Waals surface area contributed by atoms with Crippen LogP contribution in [0.3, 0.4) is 0 Å². The lowest BCUT2D eigenvalue weighted by molar-refractivity contribution is 0.0975. The van der Waals surface area contributed by atoms with Crippen LogP contribution in [0.4, 0.5) is 5.13 Å². The Hall–Kier alpha value is -1.53. The molecule has 0 radical (unpaired) electrons. The Morgan fingerprint density at radius 2 is 2.20 bits per heavy atom. The summed E-state index contributed by atoms with van der Waals surface area (Å²) in [6.07, 6.45) is 2.23. The molecule has 1 N–H and O–H groups in total. The first kappa shape index (κ1) is 13.5. The van der Waals surface area contributed by atoms with E-state index in [9.17, 15) is 9.59 Å². The van der Waals surface area contributed by atoms with Crippen molar-refractivity contribution in [2.45, 2.75) is 19.3 Å². The molecule has 0 atom stereocenters. The molecule has 0 saturated carbocycles. The lowest BCUT2D eigenvalue weighted by Crippen LogP contribution is -2.11. The maximum atomic E-state index is 12.1. The molecule has 0 spiro atoms. The number of carbonyl (C=O) groups excluding carboxylic acids is 2. The van der Waals surface area contributed by atoms with Crippen LogP contribution in [0, 0.1) is 0 Å². The summed E-state index contributed by atoms with van der Waals surface area (Å²) in [4.78, 5) is 28.9. The average molecular weight is 351 g/mol. The van der Waals surface area contributed by atoms with Gasteiger partial charge in [-0.1, -0.05) is 33.3 Å². The number of ketones is 1. The van der Waals surface area contributed by atoms with Crippen LogP contribution in [0.1, 0.15) is 38.6 Å². The molecule has 2 aromatic rings. The van der Waals surface area contributed by atoms with Crippen molar-refractivity contribution < 1.29 is 9.59 Å². The second-order valence-corrected chi connectivity index (χ2v) is 6.45. The van der Waals surface area contributed by atoms with Crippen molar-refractivity contribution in [1.82, 2.24) is 4.98 Å². The van der Waals surface area contributed by atoms with E-state index in [1.807, 2.05) is 6.07 Å². The van der Waals surface area contributed by atoms with Gasteiger partial charge in [-0.05, 0) is 31.0 Å². The van der Waals surface area contributed by atoms with Crippen LogP contribution in [0.2, 0.25) is 0 Å². The first-order valence-electron chi connectivity index (χ1n) is 6.23. The standard InChI is InChI=1S/C14H11BrN2O2S/c15-9-4-1-3-8(7-9)13(19)17-14-16-10-5-2-6-11(18)12(10)20-14/h1,3-4,7H,2,5-6H2,(H,16,17,19). The van der Waals surface area contributed by atoms with Gasteiger partial charge in [0.1, 0.15) is 0 Å². The van der Waals surface area contributed by atoms with Gasteiger partial charge in [-0.3, -0.25) is 14.9 Å². The molecule has 1 heterocycles. The van der Waals surface area contributed by atoms with Crippen LogP contribution >= 0.6 is 27.3 Å². The summed E-state index contributed by atoms with van der Waals surface area (Å²) in [7, 11) is 0. The molecular weight excluding hydrogens is 340 g/mol. The van der Waals surface area contributed by atoms with Gasteiger partial charge in [-0.15, -0.1) is 0 Å². The number of fused-ring (bicyclic) bond motifs is 1. The number of benzene rings is 1. The summed E-state index contributed by atoms with van der Waals surface area (Å²) in [5.74, 6) is -0.0865. The number of nitrogens with one attached hydrogen (secondary N) is 1. The Kier molecular flexibility index (Phi) is 3.67. The van der Waals surface area contributed by atoms with E-state index in [0.29, 0.717) is 22.0 Å². The molecular formula is C14H11BrN2O2S. The third-order valence-electron chi connectivity index (χ3n) is 3.08. The van der Waals surface area contributed by atoms with E-state index in [-0.39, 0.29) is 11.7 Å². The first-order valence-corrected chi connectivity index (χ1v) is 7.84. The molecule has 0 unspecified atom stereocenters. The number of hydrogen-bond donors (Lipinski definition) is 1. The van der Waals surface area contributed by atoms with Crippen molar-refractivity contribution >= 4 is 44.1 Å². The monoisotopic (exact) mass is 350 g/mol. The lowest BCUT2D eigenvalue weighted by atomic mass is 10.0. The third-order valence-corrected chi connectivity index (χ3v) is 4.62. The SMILES string of the molecule is O=C(Nc1nc2c(s1)C(=O)CCC2)c1cccc(Br)c1. The highest BCUT2D eigenvalue weighted by atomic mass is 79.9. The van der Waals surface area contributed by atoms with Gasteiger partial charge in [0.2, 0.25) is 0 Å². The van der Waals surface area contributed by atoms with Crippen LogP contribution in [0.5, 0.6) is 0 Å². The molecule has 0 aliphatic heterocycles. The van der Waals surface area contributed by atoms with Crippen molar-refractivity contribution in [3.8, 4) is 0 Å². The van der Waals surface area contributed by atoms with Crippen LogP contribution in [0.25, 0.3) is 0 Å². The average Bonchev–Trinajstić information content (AvgIpc) is 2.83. The summed E-state index contributed by atoms with van der Waals surface area (Å²) >= 11 is 4.60. The van der Waals surface area contributed by atoms with E-state index in [0.717, 1.165) is 23.0 Å². The maximum absolute atomic E-state index is 12.1. The Morgan fingerprint density at radius 3 is 2.95 bits per heavy atom. The molecule has 0 bridgehead atoms. The minimum atomic E-state index is -0.218. The van der Waals surface area contributed by atoms with Crippen LogP contribution in [-0.2, 0) is 6.42 Å². The number of nitrogens with zero attached hydrogens (tertiary/aromatic N) is 1.